The van der Waals surface area contributed by atoms with Gasteiger partial charge in [-0.25, -0.2) is 0 Å². The lowest BCUT2D eigenvalue weighted by Gasteiger charge is -2.22. The van der Waals surface area contributed by atoms with Gasteiger partial charge < -0.3 is 9.67 Å². The Labute approximate surface area is 115 Å². The van der Waals surface area contributed by atoms with Crippen molar-refractivity contribution in [3.8, 4) is 0 Å². The fraction of sp³-hybridized carbons (Fsp3) is 0.765. The molecule has 2 nitrogen and oxygen atoms in total. The molecule has 3 aliphatic carbocycles. The Morgan fingerprint density at radius 2 is 2.05 bits per heavy atom. The Morgan fingerprint density at radius 1 is 1.11 bits per heavy atom. The van der Waals surface area contributed by atoms with E-state index in [1.807, 2.05) is 0 Å². The van der Waals surface area contributed by atoms with E-state index in [0.717, 1.165) is 30.6 Å². The van der Waals surface area contributed by atoms with Crippen molar-refractivity contribution >= 4 is 0 Å². The van der Waals surface area contributed by atoms with E-state index in [9.17, 15) is 5.11 Å². The van der Waals surface area contributed by atoms with Crippen molar-refractivity contribution in [2.75, 3.05) is 0 Å². The number of nitrogens with zero attached hydrogens (tertiary/aromatic N) is 1. The van der Waals surface area contributed by atoms with Gasteiger partial charge >= 0.3 is 0 Å². The van der Waals surface area contributed by atoms with Crippen LogP contribution in [0.15, 0.2) is 12.4 Å². The molecule has 4 unspecified atom stereocenters. The van der Waals surface area contributed by atoms with Crippen molar-refractivity contribution in [1.29, 1.82) is 0 Å². The molecule has 3 aliphatic rings. The monoisotopic (exact) mass is 259 g/mol. The maximum atomic E-state index is 10.2. The first-order valence-electron chi connectivity index (χ1n) is 8.16. The minimum absolute atomic E-state index is 0.209. The summed E-state index contributed by atoms with van der Waals surface area (Å²) >= 11 is 0. The van der Waals surface area contributed by atoms with E-state index in [-0.39, 0.29) is 6.10 Å². The highest BCUT2D eigenvalue weighted by atomic mass is 16.3. The summed E-state index contributed by atoms with van der Waals surface area (Å²) in [6.07, 6.45) is 14.8. The number of hydrogen-bond acceptors (Lipinski definition) is 1. The highest BCUT2D eigenvalue weighted by Gasteiger charge is 2.39. The van der Waals surface area contributed by atoms with Crippen molar-refractivity contribution in [1.82, 2.24) is 4.57 Å². The topological polar surface area (TPSA) is 25.2 Å². The maximum Gasteiger partial charge on any atom is 0.0807 e. The molecule has 19 heavy (non-hydrogen) atoms. The third kappa shape index (κ3) is 2.14. The summed E-state index contributed by atoms with van der Waals surface area (Å²) in [6, 6.07) is 0. The zero-order valence-electron chi connectivity index (χ0n) is 11.7. The minimum atomic E-state index is -0.209. The average molecular weight is 259 g/mol. The van der Waals surface area contributed by atoms with Gasteiger partial charge in [-0.3, -0.25) is 0 Å². The molecule has 2 fully saturated rings. The Balaban J connectivity index is 1.51. The molecule has 2 heteroatoms. The summed E-state index contributed by atoms with van der Waals surface area (Å²) in [4.78, 5) is 0. The predicted octanol–water partition coefficient (Wildman–Crippen LogP) is 3.68. The number of hydrogen-bond donors (Lipinski definition) is 1. The summed E-state index contributed by atoms with van der Waals surface area (Å²) in [5.41, 5.74) is 2.63. The van der Waals surface area contributed by atoms with E-state index in [2.05, 4.69) is 17.0 Å². The van der Waals surface area contributed by atoms with Crippen molar-refractivity contribution in [3.05, 3.63) is 23.5 Å². The summed E-state index contributed by atoms with van der Waals surface area (Å²) < 4.78 is 2.39. The standard InChI is InChI=1S/C17H25NO/c19-17-4-2-1-3-14-9-18(11-16(14)17)10-15-8-12-5-6-13(15)7-12/h9,11-13,15,17,19H,1-8,10H2. The zero-order valence-corrected chi connectivity index (χ0v) is 11.7. The van der Waals surface area contributed by atoms with Crippen LogP contribution in [0, 0.1) is 17.8 Å². The van der Waals surface area contributed by atoms with E-state index >= 15 is 0 Å². The van der Waals surface area contributed by atoms with Gasteiger partial charge in [-0.05, 0) is 61.8 Å². The number of aliphatic hydroxyl groups is 1. The quantitative estimate of drug-likeness (QED) is 0.805. The van der Waals surface area contributed by atoms with Crippen molar-refractivity contribution < 1.29 is 5.11 Å². The largest absolute Gasteiger partial charge is 0.388 e. The van der Waals surface area contributed by atoms with Crippen molar-refractivity contribution in [3.63, 3.8) is 0 Å². The van der Waals surface area contributed by atoms with Crippen LogP contribution < -0.4 is 0 Å². The number of fused-ring (bicyclic) bond motifs is 3. The van der Waals surface area contributed by atoms with Gasteiger partial charge in [0.2, 0.25) is 0 Å². The van der Waals surface area contributed by atoms with Gasteiger partial charge in [0.05, 0.1) is 6.10 Å². The Hall–Kier alpha value is -0.760. The van der Waals surface area contributed by atoms with Gasteiger partial charge in [0.15, 0.2) is 0 Å². The fourth-order valence-corrected chi connectivity index (χ4v) is 4.87. The molecule has 1 heterocycles. The molecule has 4 rings (SSSR count). The minimum Gasteiger partial charge on any atom is -0.388 e. The number of rotatable bonds is 2. The Morgan fingerprint density at radius 3 is 2.84 bits per heavy atom. The summed E-state index contributed by atoms with van der Waals surface area (Å²) in [6.45, 7) is 1.20. The molecule has 1 N–H and O–H groups in total. The molecule has 0 aromatic carbocycles. The first-order chi connectivity index (χ1) is 9.29. The van der Waals surface area contributed by atoms with E-state index in [0.29, 0.717) is 0 Å². The SMILES string of the molecule is OC1CCCCc2cn(CC3CC4CCC3C4)cc21. The van der Waals surface area contributed by atoms with Gasteiger partial charge in [-0.2, -0.15) is 0 Å². The maximum absolute atomic E-state index is 10.2. The van der Waals surface area contributed by atoms with Crippen LogP contribution in [0.1, 0.15) is 62.2 Å². The van der Waals surface area contributed by atoms with E-state index in [1.165, 1.54) is 56.2 Å². The zero-order chi connectivity index (χ0) is 12.8. The second kappa shape index (κ2) is 4.66. The third-order valence-electron chi connectivity index (χ3n) is 5.86. The Bertz CT molecular complexity index is 464. The number of aliphatic hydroxyl groups excluding tert-OH is 1. The van der Waals surface area contributed by atoms with Crippen LogP contribution in [0.5, 0.6) is 0 Å². The van der Waals surface area contributed by atoms with E-state index in [1.54, 1.807) is 0 Å². The van der Waals surface area contributed by atoms with Gasteiger partial charge in [-0.15, -0.1) is 0 Å². The molecule has 0 saturated heterocycles. The van der Waals surface area contributed by atoms with Crippen molar-refractivity contribution in [2.45, 2.75) is 64.0 Å². The molecular weight excluding hydrogens is 234 g/mol. The van der Waals surface area contributed by atoms with Crippen LogP contribution >= 0.6 is 0 Å². The highest BCUT2D eigenvalue weighted by Crippen LogP contribution is 2.49. The lowest BCUT2D eigenvalue weighted by Crippen LogP contribution is -2.16. The third-order valence-corrected chi connectivity index (χ3v) is 5.86. The van der Waals surface area contributed by atoms with Gasteiger partial charge in [0.1, 0.15) is 0 Å². The van der Waals surface area contributed by atoms with Gasteiger partial charge in [0.25, 0.3) is 0 Å². The first-order valence-corrected chi connectivity index (χ1v) is 8.16. The second-order valence-electron chi connectivity index (χ2n) is 7.13. The van der Waals surface area contributed by atoms with Crippen LogP contribution in [0.4, 0.5) is 0 Å². The Kier molecular flexibility index (Phi) is 2.95. The second-order valence-corrected chi connectivity index (χ2v) is 7.13. The van der Waals surface area contributed by atoms with Crippen LogP contribution in [0.25, 0.3) is 0 Å². The fourth-order valence-electron chi connectivity index (χ4n) is 4.87. The summed E-state index contributed by atoms with van der Waals surface area (Å²) in [7, 11) is 0. The molecule has 1 aromatic rings. The number of aromatic nitrogens is 1. The smallest absolute Gasteiger partial charge is 0.0807 e. The van der Waals surface area contributed by atoms with Crippen LogP contribution in [0.3, 0.4) is 0 Å². The number of aryl methyl sites for hydroxylation is 1. The van der Waals surface area contributed by atoms with Gasteiger partial charge in [-0.1, -0.05) is 12.8 Å². The first kappa shape index (κ1) is 12.0. The molecule has 4 atom stereocenters. The molecule has 2 saturated carbocycles. The van der Waals surface area contributed by atoms with Crippen molar-refractivity contribution in [2.24, 2.45) is 17.8 Å². The van der Waals surface area contributed by atoms with E-state index in [4.69, 9.17) is 0 Å². The van der Waals surface area contributed by atoms with Crippen LogP contribution in [-0.4, -0.2) is 9.67 Å². The van der Waals surface area contributed by atoms with Gasteiger partial charge in [0, 0.05) is 24.5 Å². The molecule has 0 spiro atoms. The van der Waals surface area contributed by atoms with E-state index < -0.39 is 0 Å². The molecule has 0 aliphatic heterocycles. The molecule has 0 amide bonds. The lowest BCUT2D eigenvalue weighted by atomic mass is 9.89. The summed E-state index contributed by atoms with van der Waals surface area (Å²) in [5.74, 6) is 2.94. The molecular formula is C17H25NO. The molecule has 2 bridgehead atoms. The summed E-state index contributed by atoms with van der Waals surface area (Å²) in [5, 5.41) is 10.2. The average Bonchev–Trinajstić information content (AvgIpc) is 3.07. The van der Waals surface area contributed by atoms with Crippen LogP contribution in [-0.2, 0) is 13.0 Å². The molecule has 1 aromatic heterocycles. The highest BCUT2D eigenvalue weighted by molar-refractivity contribution is 5.28. The predicted molar refractivity (Wildman–Crippen MR) is 75.9 cm³/mol. The normalized spacial score (nSPS) is 37.3. The molecule has 104 valence electrons. The van der Waals surface area contributed by atoms with Crippen LogP contribution in [0.2, 0.25) is 0 Å². The molecule has 0 radical (unpaired) electrons. The lowest BCUT2D eigenvalue weighted by molar-refractivity contribution is 0.166.